The summed E-state index contributed by atoms with van der Waals surface area (Å²) in [5.74, 6) is -0.249. The zero-order valence-electron chi connectivity index (χ0n) is 15.1. The molecule has 0 saturated heterocycles. The first-order chi connectivity index (χ1) is 12.8. The number of carbonyl (C=O) groups excluding carboxylic acids is 2. The predicted octanol–water partition coefficient (Wildman–Crippen LogP) is 2.17. The molecule has 2 N–H and O–H groups in total. The van der Waals surface area contributed by atoms with E-state index in [0.717, 1.165) is 24.7 Å². The topological polar surface area (TPSA) is 105 Å². The molecule has 1 aromatic heterocycles. The first kappa shape index (κ1) is 20.6. The van der Waals surface area contributed by atoms with Crippen molar-refractivity contribution >= 4 is 27.4 Å². The Morgan fingerprint density at radius 3 is 2.44 bits per heavy atom. The van der Waals surface area contributed by atoms with Crippen molar-refractivity contribution in [3.63, 3.8) is 0 Å². The van der Waals surface area contributed by atoms with E-state index in [4.69, 9.17) is 0 Å². The summed E-state index contributed by atoms with van der Waals surface area (Å²) >= 11 is 0. The molecule has 0 atom stereocenters. The van der Waals surface area contributed by atoms with Gasteiger partial charge in [0.15, 0.2) is 5.78 Å². The summed E-state index contributed by atoms with van der Waals surface area (Å²) in [5.41, 5.74) is 2.09. The third-order valence-electron chi connectivity index (χ3n) is 3.78. The summed E-state index contributed by atoms with van der Waals surface area (Å²) < 4.78 is 24.7. The number of aryl methyl sites for hydroxylation is 1. The number of pyridine rings is 1. The van der Waals surface area contributed by atoms with Crippen molar-refractivity contribution in [2.24, 2.45) is 0 Å². The number of aromatic nitrogens is 1. The van der Waals surface area contributed by atoms with Crippen LogP contribution in [0.3, 0.4) is 0 Å². The molecule has 2 rings (SSSR count). The van der Waals surface area contributed by atoms with E-state index >= 15 is 0 Å². The van der Waals surface area contributed by atoms with E-state index < -0.39 is 10.0 Å². The average molecular weight is 389 g/mol. The SMILES string of the molecule is CS(=O)(=O)Nc1ccc(CCCNC(=O)CCC(=O)c2cccnc2)cc1. The summed E-state index contributed by atoms with van der Waals surface area (Å²) in [4.78, 5) is 27.6. The van der Waals surface area contributed by atoms with Crippen molar-refractivity contribution in [1.82, 2.24) is 10.3 Å². The fraction of sp³-hybridized carbons (Fsp3) is 0.316. The summed E-state index contributed by atoms with van der Waals surface area (Å²) in [6.45, 7) is 0.517. The molecule has 1 amide bonds. The van der Waals surface area contributed by atoms with Crippen LogP contribution in [0, 0.1) is 0 Å². The average Bonchev–Trinajstić information content (AvgIpc) is 2.64. The molecular formula is C19H23N3O4S. The third-order valence-corrected chi connectivity index (χ3v) is 4.39. The third kappa shape index (κ3) is 8.00. The van der Waals surface area contributed by atoms with Gasteiger partial charge in [0.1, 0.15) is 0 Å². The van der Waals surface area contributed by atoms with Gasteiger partial charge in [0.25, 0.3) is 0 Å². The molecule has 0 unspecified atom stereocenters. The highest BCUT2D eigenvalue weighted by Crippen LogP contribution is 2.12. The molecule has 8 heteroatoms. The number of Topliss-reactive ketones (excluding diaryl/α,β-unsaturated/α-hetero) is 1. The van der Waals surface area contributed by atoms with E-state index in [1.54, 1.807) is 30.5 Å². The van der Waals surface area contributed by atoms with Crippen LogP contribution in [0.4, 0.5) is 5.69 Å². The highest BCUT2D eigenvalue weighted by molar-refractivity contribution is 7.92. The molecule has 0 aliphatic heterocycles. The number of anilines is 1. The largest absolute Gasteiger partial charge is 0.356 e. The van der Waals surface area contributed by atoms with Gasteiger partial charge < -0.3 is 5.32 Å². The summed E-state index contributed by atoms with van der Waals surface area (Å²) in [7, 11) is -3.27. The first-order valence-electron chi connectivity index (χ1n) is 8.60. The van der Waals surface area contributed by atoms with E-state index in [9.17, 15) is 18.0 Å². The van der Waals surface area contributed by atoms with Crippen LogP contribution >= 0.6 is 0 Å². The molecule has 0 fully saturated rings. The van der Waals surface area contributed by atoms with Gasteiger partial charge in [0, 0.05) is 43.0 Å². The van der Waals surface area contributed by atoms with Gasteiger partial charge in [0.05, 0.1) is 6.26 Å². The van der Waals surface area contributed by atoms with Crippen LogP contribution in [-0.2, 0) is 21.2 Å². The van der Waals surface area contributed by atoms with Crippen LogP contribution in [0.2, 0.25) is 0 Å². The quantitative estimate of drug-likeness (QED) is 0.479. The van der Waals surface area contributed by atoms with Crippen molar-refractivity contribution < 1.29 is 18.0 Å². The Hall–Kier alpha value is -2.74. The number of nitrogens with zero attached hydrogens (tertiary/aromatic N) is 1. The Balaban J connectivity index is 1.64. The molecule has 1 aromatic carbocycles. The highest BCUT2D eigenvalue weighted by Gasteiger charge is 2.09. The maximum absolute atomic E-state index is 11.9. The van der Waals surface area contributed by atoms with Crippen LogP contribution in [-0.4, -0.2) is 37.9 Å². The second-order valence-corrected chi connectivity index (χ2v) is 7.94. The number of hydrogen-bond donors (Lipinski definition) is 2. The van der Waals surface area contributed by atoms with Crippen LogP contribution in [0.1, 0.15) is 35.2 Å². The molecule has 0 bridgehead atoms. The Morgan fingerprint density at radius 2 is 1.81 bits per heavy atom. The monoisotopic (exact) mass is 389 g/mol. The van der Waals surface area contributed by atoms with Crippen LogP contribution < -0.4 is 10.0 Å². The van der Waals surface area contributed by atoms with Crippen LogP contribution in [0.25, 0.3) is 0 Å². The normalized spacial score (nSPS) is 11.0. The van der Waals surface area contributed by atoms with Gasteiger partial charge >= 0.3 is 0 Å². The Bertz CT molecular complexity index is 866. The standard InChI is InChI=1S/C19H23N3O4S/c1-27(25,26)22-17-8-6-15(7-9-17)4-2-13-21-19(24)11-10-18(23)16-5-3-12-20-14-16/h3,5-9,12,14,22H,2,4,10-11,13H2,1H3,(H,21,24). The van der Waals surface area contributed by atoms with Gasteiger partial charge in [-0.05, 0) is 42.7 Å². The minimum atomic E-state index is -3.27. The van der Waals surface area contributed by atoms with Gasteiger partial charge in [-0.1, -0.05) is 12.1 Å². The Morgan fingerprint density at radius 1 is 1.07 bits per heavy atom. The fourth-order valence-corrected chi connectivity index (χ4v) is 3.03. The van der Waals surface area contributed by atoms with Crippen molar-refractivity contribution in [3.05, 3.63) is 59.9 Å². The molecule has 7 nitrogen and oxygen atoms in total. The molecule has 144 valence electrons. The number of sulfonamides is 1. The summed E-state index contributed by atoms with van der Waals surface area (Å²) in [6, 6.07) is 10.5. The van der Waals surface area contributed by atoms with E-state index in [-0.39, 0.29) is 24.5 Å². The number of benzene rings is 1. The number of rotatable bonds is 10. The Kier molecular flexibility index (Phi) is 7.48. The number of ketones is 1. The van der Waals surface area contributed by atoms with Crippen molar-refractivity contribution in [1.29, 1.82) is 0 Å². The van der Waals surface area contributed by atoms with E-state index in [1.807, 2.05) is 12.1 Å². The van der Waals surface area contributed by atoms with Crippen molar-refractivity contribution in [2.45, 2.75) is 25.7 Å². The van der Waals surface area contributed by atoms with E-state index in [2.05, 4.69) is 15.0 Å². The maximum atomic E-state index is 11.9. The molecule has 2 aromatic rings. The fourth-order valence-electron chi connectivity index (χ4n) is 2.46. The van der Waals surface area contributed by atoms with Gasteiger partial charge in [0.2, 0.25) is 15.9 Å². The second kappa shape index (κ2) is 9.82. The lowest BCUT2D eigenvalue weighted by Gasteiger charge is -2.07. The van der Waals surface area contributed by atoms with Crippen molar-refractivity contribution in [2.75, 3.05) is 17.5 Å². The minimum absolute atomic E-state index is 0.0963. The molecule has 0 spiro atoms. The van der Waals surface area contributed by atoms with Gasteiger partial charge in [-0.2, -0.15) is 0 Å². The number of carbonyl (C=O) groups is 2. The number of nitrogens with one attached hydrogen (secondary N) is 2. The summed E-state index contributed by atoms with van der Waals surface area (Å²) in [5, 5.41) is 2.80. The lowest BCUT2D eigenvalue weighted by Crippen LogP contribution is -2.25. The number of amides is 1. The van der Waals surface area contributed by atoms with Gasteiger partial charge in [-0.3, -0.25) is 19.3 Å². The van der Waals surface area contributed by atoms with Crippen molar-refractivity contribution in [3.8, 4) is 0 Å². The molecule has 0 saturated carbocycles. The molecule has 0 aliphatic rings. The zero-order valence-corrected chi connectivity index (χ0v) is 16.0. The van der Waals surface area contributed by atoms with Gasteiger partial charge in [-0.15, -0.1) is 0 Å². The molecule has 0 aliphatic carbocycles. The van der Waals surface area contributed by atoms with Crippen LogP contribution in [0.15, 0.2) is 48.8 Å². The molecular weight excluding hydrogens is 366 g/mol. The van der Waals surface area contributed by atoms with Gasteiger partial charge in [-0.25, -0.2) is 8.42 Å². The summed E-state index contributed by atoms with van der Waals surface area (Å²) in [6.07, 6.45) is 6.02. The molecule has 0 radical (unpaired) electrons. The molecule has 1 heterocycles. The van der Waals surface area contributed by atoms with E-state index in [1.165, 1.54) is 6.20 Å². The maximum Gasteiger partial charge on any atom is 0.229 e. The molecule has 27 heavy (non-hydrogen) atoms. The smallest absolute Gasteiger partial charge is 0.229 e. The van der Waals surface area contributed by atoms with E-state index in [0.29, 0.717) is 17.8 Å². The van der Waals surface area contributed by atoms with Crippen LogP contribution in [0.5, 0.6) is 0 Å². The highest BCUT2D eigenvalue weighted by atomic mass is 32.2. The predicted molar refractivity (Wildman–Crippen MR) is 104 cm³/mol. The minimum Gasteiger partial charge on any atom is -0.356 e. The number of hydrogen-bond acceptors (Lipinski definition) is 5. The first-order valence-corrected chi connectivity index (χ1v) is 10.5. The zero-order chi connectivity index (χ0) is 19.7. The Labute approximate surface area is 159 Å². The second-order valence-electron chi connectivity index (χ2n) is 6.19. The lowest BCUT2D eigenvalue weighted by molar-refractivity contribution is -0.121. The lowest BCUT2D eigenvalue weighted by atomic mass is 10.1.